The molecule has 2 rings (SSSR count). The number of nitrogens with two attached hydrogens (primary N) is 1. The lowest BCUT2D eigenvalue weighted by atomic mass is 10.2. The first kappa shape index (κ1) is 5.59. The maximum atomic E-state index is 12.4. The van der Waals surface area contributed by atoms with Gasteiger partial charge in [0, 0.05) is 17.9 Å². The molecule has 0 saturated heterocycles. The Kier molecular flexibility index (Phi) is 0.799. The molecule has 0 aliphatic heterocycles. The first-order valence-electron chi connectivity index (χ1n) is 3.25. The minimum absolute atomic E-state index is 0.0552. The highest BCUT2D eigenvalue weighted by Crippen LogP contribution is 2.63. The molecule has 3 atom stereocenters. The Balaban J connectivity index is 2.06. The van der Waals surface area contributed by atoms with Crippen molar-refractivity contribution in [1.29, 1.82) is 0 Å². The molecule has 2 aliphatic rings. The first-order valence-corrected chi connectivity index (χ1v) is 3.25. The highest BCUT2D eigenvalue weighted by atomic mass is 19.3. The molecular formula is C6H9F2N. The van der Waals surface area contributed by atoms with E-state index in [1.807, 2.05) is 0 Å². The predicted octanol–water partition coefficient (Wildman–Crippen LogP) is 0.989. The molecule has 2 aliphatic carbocycles. The van der Waals surface area contributed by atoms with Gasteiger partial charge in [0.1, 0.15) is 0 Å². The molecule has 0 aromatic heterocycles. The van der Waals surface area contributed by atoms with Crippen molar-refractivity contribution < 1.29 is 8.78 Å². The van der Waals surface area contributed by atoms with Crippen molar-refractivity contribution in [1.82, 2.24) is 0 Å². The molecule has 1 nitrogen and oxygen atoms in total. The van der Waals surface area contributed by atoms with Crippen molar-refractivity contribution in [2.24, 2.45) is 17.6 Å². The summed E-state index contributed by atoms with van der Waals surface area (Å²) in [5.41, 5.74) is 5.44. The molecule has 0 radical (unpaired) electrons. The zero-order valence-corrected chi connectivity index (χ0v) is 4.98. The van der Waals surface area contributed by atoms with Crippen LogP contribution in [0.25, 0.3) is 0 Å². The Bertz CT molecular complexity index is 132. The van der Waals surface area contributed by atoms with E-state index in [-0.39, 0.29) is 17.9 Å². The van der Waals surface area contributed by atoms with Crippen LogP contribution in [0.4, 0.5) is 8.78 Å². The predicted molar refractivity (Wildman–Crippen MR) is 29.1 cm³/mol. The molecule has 0 heterocycles. The molecule has 0 amide bonds. The van der Waals surface area contributed by atoms with Gasteiger partial charge in [-0.2, -0.15) is 0 Å². The van der Waals surface area contributed by atoms with Gasteiger partial charge < -0.3 is 5.73 Å². The minimum Gasteiger partial charge on any atom is -0.328 e. The zero-order valence-electron chi connectivity index (χ0n) is 4.98. The van der Waals surface area contributed by atoms with Gasteiger partial charge in [-0.05, 0) is 12.8 Å². The molecule has 1 unspecified atom stereocenters. The van der Waals surface area contributed by atoms with Gasteiger partial charge in [-0.1, -0.05) is 0 Å². The lowest BCUT2D eigenvalue weighted by Crippen LogP contribution is -2.21. The minimum atomic E-state index is -2.34. The van der Waals surface area contributed by atoms with E-state index in [1.54, 1.807) is 0 Å². The van der Waals surface area contributed by atoms with Gasteiger partial charge in [-0.3, -0.25) is 0 Å². The third kappa shape index (κ3) is 0.556. The fraction of sp³-hybridized carbons (Fsp3) is 1.00. The summed E-state index contributed by atoms with van der Waals surface area (Å²) in [5, 5.41) is 0. The second-order valence-electron chi connectivity index (χ2n) is 3.12. The van der Waals surface area contributed by atoms with Crippen LogP contribution >= 0.6 is 0 Å². The summed E-state index contributed by atoms with van der Waals surface area (Å²) in [7, 11) is 0. The van der Waals surface area contributed by atoms with E-state index in [2.05, 4.69) is 0 Å². The van der Waals surface area contributed by atoms with Gasteiger partial charge in [0.05, 0.1) is 0 Å². The second-order valence-corrected chi connectivity index (χ2v) is 3.12. The monoisotopic (exact) mass is 133 g/mol. The average molecular weight is 133 g/mol. The second kappa shape index (κ2) is 1.29. The van der Waals surface area contributed by atoms with Crippen LogP contribution in [0, 0.1) is 11.8 Å². The highest BCUT2D eigenvalue weighted by Gasteiger charge is 2.70. The summed E-state index contributed by atoms with van der Waals surface area (Å²) in [6, 6.07) is 0.0552. The van der Waals surface area contributed by atoms with Gasteiger partial charge in [0.2, 0.25) is 0 Å². The Labute approximate surface area is 52.2 Å². The lowest BCUT2D eigenvalue weighted by molar-refractivity contribution is 0.0699. The smallest absolute Gasteiger partial charge is 0.254 e. The van der Waals surface area contributed by atoms with E-state index in [0.29, 0.717) is 12.8 Å². The molecular weight excluding hydrogens is 124 g/mol. The maximum absolute atomic E-state index is 12.4. The van der Waals surface area contributed by atoms with Crippen LogP contribution in [-0.2, 0) is 0 Å². The molecule has 2 saturated carbocycles. The largest absolute Gasteiger partial charge is 0.328 e. The number of hydrogen-bond donors (Lipinski definition) is 1. The SMILES string of the molecule is NC1C[C@@H]2[C@H](C1)C2(F)F. The Morgan fingerprint density at radius 1 is 1.22 bits per heavy atom. The molecule has 2 N–H and O–H groups in total. The van der Waals surface area contributed by atoms with E-state index in [1.165, 1.54) is 0 Å². The van der Waals surface area contributed by atoms with E-state index < -0.39 is 5.92 Å². The molecule has 52 valence electrons. The van der Waals surface area contributed by atoms with E-state index >= 15 is 0 Å². The normalized spacial score (nSPS) is 53.0. The fourth-order valence-electron chi connectivity index (χ4n) is 1.85. The molecule has 9 heavy (non-hydrogen) atoms. The molecule has 0 bridgehead atoms. The van der Waals surface area contributed by atoms with Gasteiger partial charge in [-0.25, -0.2) is 8.78 Å². The van der Waals surface area contributed by atoms with Crippen LogP contribution < -0.4 is 5.73 Å². The fourth-order valence-corrected chi connectivity index (χ4v) is 1.85. The van der Waals surface area contributed by atoms with E-state index in [4.69, 9.17) is 5.73 Å². The van der Waals surface area contributed by atoms with Crippen LogP contribution in [0.3, 0.4) is 0 Å². The summed E-state index contributed by atoms with van der Waals surface area (Å²) in [4.78, 5) is 0. The molecule has 0 spiro atoms. The molecule has 0 aromatic carbocycles. The number of fused-ring (bicyclic) bond motifs is 1. The van der Waals surface area contributed by atoms with Crippen LogP contribution in [0.15, 0.2) is 0 Å². The Hall–Kier alpha value is -0.180. The summed E-state index contributed by atoms with van der Waals surface area (Å²) < 4.78 is 24.7. The Morgan fingerprint density at radius 2 is 1.67 bits per heavy atom. The summed E-state index contributed by atoms with van der Waals surface area (Å²) in [5.74, 6) is -3.05. The third-order valence-electron chi connectivity index (χ3n) is 2.48. The topological polar surface area (TPSA) is 26.0 Å². The number of halogens is 2. The first-order chi connectivity index (χ1) is 4.12. The average Bonchev–Trinajstić information content (AvgIpc) is 2.27. The van der Waals surface area contributed by atoms with E-state index in [0.717, 1.165) is 0 Å². The van der Waals surface area contributed by atoms with Crippen molar-refractivity contribution in [3.8, 4) is 0 Å². The third-order valence-corrected chi connectivity index (χ3v) is 2.48. The molecule has 2 fully saturated rings. The summed E-state index contributed by atoms with van der Waals surface area (Å²) in [6.45, 7) is 0. The lowest BCUT2D eigenvalue weighted by Gasteiger charge is -2.06. The maximum Gasteiger partial charge on any atom is 0.254 e. The van der Waals surface area contributed by atoms with Crippen LogP contribution in [0.5, 0.6) is 0 Å². The zero-order chi connectivity index (χ0) is 6.65. The van der Waals surface area contributed by atoms with Crippen LogP contribution in [0.2, 0.25) is 0 Å². The molecule has 3 heteroatoms. The van der Waals surface area contributed by atoms with Crippen molar-refractivity contribution in [3.05, 3.63) is 0 Å². The molecule has 0 aromatic rings. The Morgan fingerprint density at radius 3 is 2.00 bits per heavy atom. The quantitative estimate of drug-likeness (QED) is 0.524. The van der Waals surface area contributed by atoms with Gasteiger partial charge in [-0.15, -0.1) is 0 Å². The summed E-state index contributed by atoms with van der Waals surface area (Å²) >= 11 is 0. The number of hydrogen-bond acceptors (Lipinski definition) is 1. The van der Waals surface area contributed by atoms with Gasteiger partial charge >= 0.3 is 0 Å². The van der Waals surface area contributed by atoms with Gasteiger partial charge in [0.15, 0.2) is 0 Å². The van der Waals surface area contributed by atoms with Gasteiger partial charge in [0.25, 0.3) is 5.92 Å². The van der Waals surface area contributed by atoms with Crippen LogP contribution in [0.1, 0.15) is 12.8 Å². The van der Waals surface area contributed by atoms with Crippen molar-refractivity contribution in [2.45, 2.75) is 24.8 Å². The van der Waals surface area contributed by atoms with Crippen molar-refractivity contribution >= 4 is 0 Å². The summed E-state index contributed by atoms with van der Waals surface area (Å²) in [6.07, 6.45) is 1.08. The number of alkyl halides is 2. The van der Waals surface area contributed by atoms with Crippen LogP contribution in [-0.4, -0.2) is 12.0 Å². The standard InChI is InChI=1S/C6H9F2N/c7-6(8)4-1-3(9)2-5(4)6/h3-5H,1-2,9H2/t3?,4-,5+. The highest BCUT2D eigenvalue weighted by molar-refractivity contribution is 5.12. The number of rotatable bonds is 0. The van der Waals surface area contributed by atoms with E-state index in [9.17, 15) is 8.78 Å². The van der Waals surface area contributed by atoms with Crippen molar-refractivity contribution in [3.63, 3.8) is 0 Å². The van der Waals surface area contributed by atoms with Crippen molar-refractivity contribution in [2.75, 3.05) is 0 Å².